The Hall–Kier alpha value is -0.520. The van der Waals surface area contributed by atoms with Gasteiger partial charge in [0.2, 0.25) is 5.91 Å². The molecule has 0 aromatic carbocycles. The van der Waals surface area contributed by atoms with Crippen molar-refractivity contribution in [3.05, 3.63) is 22.4 Å². The largest absolute Gasteiger partial charge is 0.348 e. The molecule has 0 fully saturated rings. The summed E-state index contributed by atoms with van der Waals surface area (Å²) in [5.41, 5.74) is 5.63. The van der Waals surface area contributed by atoms with Crippen molar-refractivity contribution in [3.63, 3.8) is 0 Å². The highest BCUT2D eigenvalue weighted by molar-refractivity contribution is 8.00. The lowest BCUT2D eigenvalue weighted by Crippen LogP contribution is -2.36. The van der Waals surface area contributed by atoms with Gasteiger partial charge in [-0.2, -0.15) is 11.8 Å². The van der Waals surface area contributed by atoms with Gasteiger partial charge in [-0.3, -0.25) is 4.79 Å². The van der Waals surface area contributed by atoms with Crippen LogP contribution in [0, 0.1) is 0 Å². The van der Waals surface area contributed by atoms with Gasteiger partial charge < -0.3 is 11.1 Å². The number of nitrogens with one attached hydrogen (secondary N) is 1. The first-order valence-electron chi connectivity index (χ1n) is 5.58. The first-order valence-corrected chi connectivity index (χ1v) is 7.61. The van der Waals surface area contributed by atoms with E-state index in [-0.39, 0.29) is 17.5 Å². The van der Waals surface area contributed by atoms with E-state index in [1.807, 2.05) is 38.3 Å². The first-order chi connectivity index (χ1) is 7.88. The van der Waals surface area contributed by atoms with E-state index < -0.39 is 0 Å². The Labute approximate surface area is 111 Å². The standard InChI is InChI=1S/C12H20N2OS2/c1-9(10-5-4-6-17-10)14-11(15)7-16-8-12(2,3)13/h4-6,9H,7-8,13H2,1-3H3,(H,14,15). The van der Waals surface area contributed by atoms with Crippen LogP contribution >= 0.6 is 23.1 Å². The Kier molecular flexibility index (Phi) is 5.49. The molecule has 0 spiro atoms. The van der Waals surface area contributed by atoms with Crippen molar-refractivity contribution in [1.29, 1.82) is 0 Å². The van der Waals surface area contributed by atoms with Gasteiger partial charge in [-0.25, -0.2) is 0 Å². The maximum atomic E-state index is 11.7. The van der Waals surface area contributed by atoms with Crippen molar-refractivity contribution >= 4 is 29.0 Å². The molecule has 0 aliphatic carbocycles. The average Bonchev–Trinajstić information content (AvgIpc) is 2.67. The van der Waals surface area contributed by atoms with Crippen molar-refractivity contribution in [1.82, 2.24) is 5.32 Å². The summed E-state index contributed by atoms with van der Waals surface area (Å²) in [5, 5.41) is 5.00. The van der Waals surface area contributed by atoms with Gasteiger partial charge in [0, 0.05) is 16.2 Å². The third kappa shape index (κ3) is 6.10. The molecule has 0 radical (unpaired) electrons. The summed E-state index contributed by atoms with van der Waals surface area (Å²) in [6.07, 6.45) is 0. The van der Waals surface area contributed by atoms with Crippen LogP contribution in [0.15, 0.2) is 17.5 Å². The number of amides is 1. The van der Waals surface area contributed by atoms with Crippen molar-refractivity contribution in [2.24, 2.45) is 5.73 Å². The highest BCUT2D eigenvalue weighted by Crippen LogP contribution is 2.18. The Morgan fingerprint density at radius 2 is 2.35 bits per heavy atom. The lowest BCUT2D eigenvalue weighted by molar-refractivity contribution is -0.119. The van der Waals surface area contributed by atoms with Crippen LogP contribution < -0.4 is 11.1 Å². The first kappa shape index (κ1) is 14.5. The molecule has 1 aromatic rings. The predicted octanol–water partition coefficient (Wildman–Crippen LogP) is 2.40. The normalized spacial score (nSPS) is 13.4. The number of hydrogen-bond donors (Lipinski definition) is 2. The van der Waals surface area contributed by atoms with Gasteiger partial charge in [-0.05, 0) is 32.2 Å². The Bertz CT molecular complexity index is 344. The quantitative estimate of drug-likeness (QED) is 0.836. The smallest absolute Gasteiger partial charge is 0.230 e. The topological polar surface area (TPSA) is 55.1 Å². The summed E-state index contributed by atoms with van der Waals surface area (Å²) in [4.78, 5) is 12.8. The molecule has 1 rings (SSSR count). The zero-order chi connectivity index (χ0) is 12.9. The molecule has 0 aliphatic rings. The number of hydrogen-bond acceptors (Lipinski definition) is 4. The van der Waals surface area contributed by atoms with Crippen molar-refractivity contribution < 1.29 is 4.79 Å². The summed E-state index contributed by atoms with van der Waals surface area (Å²) >= 11 is 3.23. The molecule has 1 atom stereocenters. The van der Waals surface area contributed by atoms with Crippen molar-refractivity contribution in [3.8, 4) is 0 Å². The Morgan fingerprint density at radius 1 is 1.65 bits per heavy atom. The molecule has 17 heavy (non-hydrogen) atoms. The summed E-state index contributed by atoms with van der Waals surface area (Å²) in [5.74, 6) is 1.32. The second-order valence-corrected chi connectivity index (χ2v) is 6.75. The fraction of sp³-hybridized carbons (Fsp3) is 0.583. The molecule has 0 bridgehead atoms. The van der Waals surface area contributed by atoms with Gasteiger partial charge in [0.25, 0.3) is 0 Å². The van der Waals surface area contributed by atoms with E-state index in [9.17, 15) is 4.79 Å². The Morgan fingerprint density at radius 3 is 2.88 bits per heavy atom. The molecule has 1 heterocycles. The van der Waals surface area contributed by atoms with Crippen LogP contribution in [0.3, 0.4) is 0 Å². The molecule has 0 aliphatic heterocycles. The number of carbonyl (C=O) groups is 1. The molecule has 1 unspecified atom stereocenters. The van der Waals surface area contributed by atoms with Gasteiger partial charge in [0.1, 0.15) is 0 Å². The highest BCUT2D eigenvalue weighted by atomic mass is 32.2. The van der Waals surface area contributed by atoms with Gasteiger partial charge in [-0.15, -0.1) is 11.3 Å². The van der Waals surface area contributed by atoms with Crippen LogP contribution in [-0.2, 0) is 4.79 Å². The highest BCUT2D eigenvalue weighted by Gasteiger charge is 2.13. The zero-order valence-electron chi connectivity index (χ0n) is 10.5. The number of thiophene rings is 1. The van der Waals surface area contributed by atoms with Crippen LogP contribution in [0.4, 0.5) is 0 Å². The van der Waals surface area contributed by atoms with Gasteiger partial charge in [0.05, 0.1) is 11.8 Å². The lowest BCUT2D eigenvalue weighted by Gasteiger charge is -2.18. The van der Waals surface area contributed by atoms with Gasteiger partial charge in [0.15, 0.2) is 0 Å². The van der Waals surface area contributed by atoms with Crippen LogP contribution in [-0.4, -0.2) is 23.0 Å². The molecular formula is C12H20N2OS2. The monoisotopic (exact) mass is 272 g/mol. The fourth-order valence-corrected chi connectivity index (χ4v) is 2.93. The minimum absolute atomic E-state index is 0.0696. The van der Waals surface area contributed by atoms with Crippen molar-refractivity contribution in [2.75, 3.05) is 11.5 Å². The summed E-state index contributed by atoms with van der Waals surface area (Å²) in [6.45, 7) is 5.93. The SMILES string of the molecule is CC(NC(=O)CSCC(C)(C)N)c1cccs1. The molecule has 3 nitrogen and oxygen atoms in total. The molecule has 3 N–H and O–H groups in total. The minimum atomic E-state index is -0.218. The molecular weight excluding hydrogens is 252 g/mol. The second kappa shape index (κ2) is 6.42. The molecule has 0 saturated carbocycles. The second-order valence-electron chi connectivity index (χ2n) is 4.79. The van der Waals surface area contributed by atoms with Gasteiger partial charge >= 0.3 is 0 Å². The maximum Gasteiger partial charge on any atom is 0.230 e. The Balaban J connectivity index is 2.26. The molecule has 5 heteroatoms. The zero-order valence-corrected chi connectivity index (χ0v) is 12.2. The lowest BCUT2D eigenvalue weighted by atomic mass is 10.1. The van der Waals surface area contributed by atoms with Crippen LogP contribution in [0.25, 0.3) is 0 Å². The summed E-state index contributed by atoms with van der Waals surface area (Å²) in [7, 11) is 0. The average molecular weight is 272 g/mol. The van der Waals surface area contributed by atoms with E-state index in [4.69, 9.17) is 5.73 Å². The molecule has 0 saturated heterocycles. The van der Waals surface area contributed by atoms with Crippen molar-refractivity contribution in [2.45, 2.75) is 32.4 Å². The molecule has 1 amide bonds. The molecule has 1 aromatic heterocycles. The third-order valence-corrected chi connectivity index (χ3v) is 4.52. The summed E-state index contributed by atoms with van der Waals surface area (Å²) in [6, 6.07) is 4.12. The molecule has 96 valence electrons. The van der Waals surface area contributed by atoms with E-state index in [1.54, 1.807) is 23.1 Å². The van der Waals surface area contributed by atoms with Crippen LogP contribution in [0.5, 0.6) is 0 Å². The van der Waals surface area contributed by atoms with E-state index >= 15 is 0 Å². The van der Waals surface area contributed by atoms with Crippen LogP contribution in [0.2, 0.25) is 0 Å². The predicted molar refractivity (Wildman–Crippen MR) is 76.5 cm³/mol. The number of nitrogens with two attached hydrogens (primary N) is 1. The fourth-order valence-electron chi connectivity index (χ4n) is 1.30. The summed E-state index contributed by atoms with van der Waals surface area (Å²) < 4.78 is 0. The number of rotatable bonds is 6. The minimum Gasteiger partial charge on any atom is -0.348 e. The van der Waals surface area contributed by atoms with E-state index in [2.05, 4.69) is 5.32 Å². The van der Waals surface area contributed by atoms with E-state index in [0.29, 0.717) is 5.75 Å². The van der Waals surface area contributed by atoms with Gasteiger partial charge in [-0.1, -0.05) is 6.07 Å². The van der Waals surface area contributed by atoms with Crippen LogP contribution in [0.1, 0.15) is 31.7 Å². The van der Waals surface area contributed by atoms with E-state index in [0.717, 1.165) is 5.75 Å². The maximum absolute atomic E-state index is 11.7. The third-order valence-electron chi connectivity index (χ3n) is 2.05. The number of carbonyl (C=O) groups excluding carboxylic acids is 1. The van der Waals surface area contributed by atoms with E-state index in [1.165, 1.54) is 4.88 Å². The number of thioether (sulfide) groups is 1.